The van der Waals surface area contributed by atoms with Crippen LogP contribution in [0, 0.1) is 5.75 Å². The molecular weight excluding hydrogens is 358 g/mol. The van der Waals surface area contributed by atoms with Crippen LogP contribution in [0.1, 0.15) is 11.6 Å². The Morgan fingerprint density at radius 2 is 2.05 bits per heavy atom. The summed E-state index contributed by atoms with van der Waals surface area (Å²) in [7, 11) is 0. The van der Waals surface area contributed by atoms with Crippen LogP contribution in [0.25, 0.3) is 10.9 Å². The van der Waals surface area contributed by atoms with Crippen LogP contribution in [0.4, 0.5) is 5.69 Å². The highest BCUT2D eigenvalue weighted by Crippen LogP contribution is 2.36. The lowest BCUT2D eigenvalue weighted by atomic mass is 10.1. The number of anilines is 1. The van der Waals surface area contributed by atoms with E-state index in [2.05, 4.69) is 79.2 Å². The quantitative estimate of drug-likeness (QED) is 0.702. The number of nitrogens with zero attached hydrogens (tertiary/aromatic N) is 2. The van der Waals surface area contributed by atoms with Gasteiger partial charge >= 0.3 is 0 Å². The van der Waals surface area contributed by atoms with E-state index in [1.54, 1.807) is 0 Å². The molecule has 0 aliphatic carbocycles. The number of benzene rings is 2. The second-order valence-electron chi connectivity index (χ2n) is 5.36. The molecule has 1 N–H and O–H groups in total. The first-order chi connectivity index (χ1) is 10.8. The predicted octanol–water partition coefficient (Wildman–Crippen LogP) is 4.78. The Balaban J connectivity index is 1.71. The lowest BCUT2D eigenvalue weighted by Gasteiger charge is -2.37. The van der Waals surface area contributed by atoms with Crippen LogP contribution >= 0.6 is 27.7 Å². The van der Waals surface area contributed by atoms with Crippen molar-refractivity contribution in [3.63, 3.8) is 0 Å². The van der Waals surface area contributed by atoms with Crippen molar-refractivity contribution in [2.45, 2.75) is 6.04 Å². The van der Waals surface area contributed by atoms with Crippen LogP contribution in [0.3, 0.4) is 0 Å². The summed E-state index contributed by atoms with van der Waals surface area (Å²) in [5.74, 6) is 3.36. The maximum Gasteiger partial charge on any atom is 0.0670 e. The van der Waals surface area contributed by atoms with Gasteiger partial charge in [0.2, 0.25) is 0 Å². The Bertz CT molecular complexity index is 784. The number of hydrogen-bond donors (Lipinski definition) is 1. The Hall–Kier alpha value is -1.46. The maximum absolute atomic E-state index is 4.11. The molecule has 4 rings (SSSR count). The Labute approximate surface area is 142 Å². The van der Waals surface area contributed by atoms with Crippen molar-refractivity contribution in [2.75, 3.05) is 17.2 Å². The summed E-state index contributed by atoms with van der Waals surface area (Å²) < 4.78 is 1.12. The number of nitrogens with one attached hydrogen (secondary N) is 1. The van der Waals surface area contributed by atoms with Crippen molar-refractivity contribution in [3.8, 4) is 0 Å². The van der Waals surface area contributed by atoms with Gasteiger partial charge in [-0.3, -0.25) is 5.10 Å². The van der Waals surface area contributed by atoms with Crippen LogP contribution < -0.4 is 4.90 Å². The molecule has 1 atom stereocenters. The summed E-state index contributed by atoms with van der Waals surface area (Å²) in [6.45, 7) is 0.949. The largest absolute Gasteiger partial charge is 0.362 e. The zero-order valence-corrected chi connectivity index (χ0v) is 14.3. The Kier molecular flexibility index (Phi) is 3.84. The SMILES string of the molecule is Brc1ccc(C2CS[CH]CN2c2ccc3cn[nH]c3c2)cc1. The molecule has 1 aliphatic heterocycles. The number of hydrogen-bond acceptors (Lipinski definition) is 3. The molecule has 0 amide bonds. The van der Waals surface area contributed by atoms with E-state index >= 15 is 0 Å². The van der Waals surface area contributed by atoms with Gasteiger partial charge in [0.15, 0.2) is 0 Å². The van der Waals surface area contributed by atoms with Crippen LogP contribution in [0.5, 0.6) is 0 Å². The molecule has 0 saturated carbocycles. The van der Waals surface area contributed by atoms with Crippen molar-refractivity contribution in [1.29, 1.82) is 0 Å². The van der Waals surface area contributed by atoms with Gasteiger partial charge in [0.25, 0.3) is 0 Å². The van der Waals surface area contributed by atoms with Gasteiger partial charge in [-0.15, -0.1) is 0 Å². The molecule has 2 aromatic carbocycles. The highest BCUT2D eigenvalue weighted by atomic mass is 79.9. The number of fused-ring (bicyclic) bond motifs is 1. The fourth-order valence-electron chi connectivity index (χ4n) is 2.86. The summed E-state index contributed by atoms with van der Waals surface area (Å²) in [6, 6.07) is 15.6. The molecule has 1 radical (unpaired) electrons. The summed E-state index contributed by atoms with van der Waals surface area (Å²) in [5.41, 5.74) is 3.68. The van der Waals surface area contributed by atoms with Gasteiger partial charge in [-0.1, -0.05) is 28.1 Å². The van der Waals surface area contributed by atoms with Crippen molar-refractivity contribution in [3.05, 3.63) is 64.5 Å². The topological polar surface area (TPSA) is 31.9 Å². The van der Waals surface area contributed by atoms with Gasteiger partial charge in [-0.25, -0.2) is 0 Å². The van der Waals surface area contributed by atoms with Crippen molar-refractivity contribution in [1.82, 2.24) is 10.2 Å². The molecule has 0 spiro atoms. The Morgan fingerprint density at radius 3 is 2.91 bits per heavy atom. The first kappa shape index (κ1) is 14.2. The Morgan fingerprint density at radius 1 is 1.18 bits per heavy atom. The van der Waals surface area contributed by atoms with Crippen LogP contribution in [-0.2, 0) is 0 Å². The second kappa shape index (κ2) is 5.97. The van der Waals surface area contributed by atoms with Gasteiger partial charge in [-0.05, 0) is 35.9 Å². The zero-order chi connectivity index (χ0) is 14.9. The third-order valence-electron chi connectivity index (χ3n) is 4.03. The van der Waals surface area contributed by atoms with E-state index in [-0.39, 0.29) is 0 Å². The maximum atomic E-state index is 4.11. The number of aromatic amines is 1. The van der Waals surface area contributed by atoms with Gasteiger partial charge in [0, 0.05) is 33.6 Å². The molecule has 1 unspecified atom stereocenters. The van der Waals surface area contributed by atoms with Crippen molar-refractivity contribution < 1.29 is 0 Å². The second-order valence-corrected chi connectivity index (χ2v) is 7.28. The molecule has 5 heteroatoms. The van der Waals surface area contributed by atoms with Crippen LogP contribution in [0.2, 0.25) is 0 Å². The number of halogens is 1. The van der Waals surface area contributed by atoms with E-state index in [0.717, 1.165) is 27.7 Å². The van der Waals surface area contributed by atoms with Crippen LogP contribution in [0.15, 0.2) is 53.1 Å². The molecule has 3 aromatic rings. The fourth-order valence-corrected chi connectivity index (χ4v) is 4.08. The highest BCUT2D eigenvalue weighted by molar-refractivity contribution is 9.10. The molecule has 0 bridgehead atoms. The average Bonchev–Trinajstić information content (AvgIpc) is 3.03. The molecule has 2 heterocycles. The molecule has 3 nitrogen and oxygen atoms in total. The number of rotatable bonds is 2. The lowest BCUT2D eigenvalue weighted by molar-refractivity contribution is 0.703. The third kappa shape index (κ3) is 2.63. The van der Waals surface area contributed by atoms with Gasteiger partial charge < -0.3 is 4.90 Å². The molecule has 1 aliphatic rings. The average molecular weight is 373 g/mol. The molecule has 1 saturated heterocycles. The van der Waals surface area contributed by atoms with E-state index in [1.165, 1.54) is 11.3 Å². The van der Waals surface area contributed by atoms with Crippen LogP contribution in [-0.4, -0.2) is 22.5 Å². The van der Waals surface area contributed by atoms with E-state index in [0.29, 0.717) is 6.04 Å². The minimum absolute atomic E-state index is 0.392. The zero-order valence-electron chi connectivity index (χ0n) is 11.9. The molecular formula is C17H15BrN3S. The minimum Gasteiger partial charge on any atom is -0.362 e. The molecule has 111 valence electrons. The first-order valence-corrected chi connectivity index (χ1v) is 9.04. The van der Waals surface area contributed by atoms with Gasteiger partial charge in [-0.2, -0.15) is 16.9 Å². The van der Waals surface area contributed by atoms with E-state index < -0.39 is 0 Å². The predicted molar refractivity (Wildman–Crippen MR) is 97.1 cm³/mol. The highest BCUT2D eigenvalue weighted by Gasteiger charge is 2.25. The van der Waals surface area contributed by atoms with E-state index in [4.69, 9.17) is 0 Å². The third-order valence-corrected chi connectivity index (χ3v) is 5.45. The van der Waals surface area contributed by atoms with Gasteiger partial charge in [0.05, 0.1) is 17.8 Å². The molecule has 1 aromatic heterocycles. The van der Waals surface area contributed by atoms with Gasteiger partial charge in [0.1, 0.15) is 0 Å². The monoisotopic (exact) mass is 372 g/mol. The standard InChI is InChI=1S/C17H15BrN3S/c18-14-4-1-12(2-5-14)17-11-22-8-7-21(17)15-6-3-13-10-19-20-16(13)9-15/h1-6,8-10,17H,7,11H2,(H,19,20). The normalized spacial score (nSPS) is 18.8. The number of aromatic nitrogens is 2. The smallest absolute Gasteiger partial charge is 0.0670 e. The fraction of sp³-hybridized carbons (Fsp3) is 0.176. The first-order valence-electron chi connectivity index (χ1n) is 7.20. The van der Waals surface area contributed by atoms with Crippen molar-refractivity contribution in [2.24, 2.45) is 0 Å². The minimum atomic E-state index is 0.392. The summed E-state index contributed by atoms with van der Waals surface area (Å²) in [6.07, 6.45) is 1.86. The summed E-state index contributed by atoms with van der Waals surface area (Å²) in [4.78, 5) is 2.46. The van der Waals surface area contributed by atoms with Crippen molar-refractivity contribution >= 4 is 44.3 Å². The molecule has 1 fully saturated rings. The molecule has 22 heavy (non-hydrogen) atoms. The van der Waals surface area contributed by atoms with E-state index in [1.807, 2.05) is 18.0 Å². The lowest BCUT2D eigenvalue weighted by Crippen LogP contribution is -2.34. The number of H-pyrrole nitrogens is 1. The summed E-state index contributed by atoms with van der Waals surface area (Å²) in [5, 5.41) is 8.33. The van der Waals surface area contributed by atoms with E-state index in [9.17, 15) is 0 Å². The number of thioether (sulfide) groups is 1. The summed E-state index contributed by atoms with van der Waals surface area (Å²) >= 11 is 5.42.